The molecule has 1 aliphatic rings. The average molecular weight is 321 g/mol. The molecule has 24 heavy (non-hydrogen) atoms. The quantitative estimate of drug-likeness (QED) is 0.804. The molecular formula is C19H19N3O2. The topological polar surface area (TPSA) is 57.8 Å². The molecule has 5 nitrogen and oxygen atoms in total. The van der Waals surface area contributed by atoms with Gasteiger partial charge in [-0.25, -0.2) is 4.98 Å². The minimum absolute atomic E-state index is 0.280. The number of aromatic nitrogens is 2. The molecule has 1 aromatic carbocycles. The molecule has 2 aromatic heterocycles. The second-order valence-electron chi connectivity index (χ2n) is 6.27. The van der Waals surface area contributed by atoms with Crippen LogP contribution in [0.4, 0.5) is 5.69 Å². The summed E-state index contributed by atoms with van der Waals surface area (Å²) in [7, 11) is 0. The van der Waals surface area contributed by atoms with Crippen molar-refractivity contribution in [1.82, 2.24) is 9.38 Å². The maximum absolute atomic E-state index is 11.3. The summed E-state index contributed by atoms with van der Waals surface area (Å²) >= 11 is 0. The summed E-state index contributed by atoms with van der Waals surface area (Å²) in [5, 5.41) is 9.26. The van der Waals surface area contributed by atoms with E-state index in [1.54, 1.807) is 0 Å². The van der Waals surface area contributed by atoms with Gasteiger partial charge in [0, 0.05) is 31.0 Å². The van der Waals surface area contributed by atoms with Crippen LogP contribution in [0.2, 0.25) is 0 Å². The Morgan fingerprint density at radius 3 is 2.75 bits per heavy atom. The molecule has 3 heterocycles. The standard InChI is InChI=1S/C19H19N3O2/c23-19(24)15-7-4-10-21(11-15)16-8-9-18-20-17(13-22(18)12-16)14-5-2-1-3-6-14/h1-3,5-6,8-9,12-13,15H,4,7,10-11H2,(H,23,24). The number of fused-ring (bicyclic) bond motifs is 1. The number of hydrogen-bond acceptors (Lipinski definition) is 3. The molecule has 5 heteroatoms. The highest BCUT2D eigenvalue weighted by molar-refractivity contribution is 5.71. The van der Waals surface area contributed by atoms with Gasteiger partial charge in [-0.3, -0.25) is 4.79 Å². The Balaban J connectivity index is 1.65. The first kappa shape index (κ1) is 14.8. The van der Waals surface area contributed by atoms with Gasteiger partial charge < -0.3 is 14.4 Å². The number of aliphatic carboxylic acids is 1. The highest BCUT2D eigenvalue weighted by atomic mass is 16.4. The van der Waals surface area contributed by atoms with Crippen molar-refractivity contribution < 1.29 is 9.90 Å². The molecule has 1 N–H and O–H groups in total. The highest BCUT2D eigenvalue weighted by Gasteiger charge is 2.25. The zero-order chi connectivity index (χ0) is 16.5. The second-order valence-corrected chi connectivity index (χ2v) is 6.27. The van der Waals surface area contributed by atoms with Gasteiger partial charge in [-0.15, -0.1) is 0 Å². The molecule has 0 aliphatic carbocycles. The number of carbonyl (C=O) groups is 1. The minimum atomic E-state index is -0.699. The van der Waals surface area contributed by atoms with Gasteiger partial charge >= 0.3 is 5.97 Å². The number of benzene rings is 1. The van der Waals surface area contributed by atoms with Gasteiger partial charge in [0.2, 0.25) is 0 Å². The third-order valence-corrected chi connectivity index (χ3v) is 4.64. The SMILES string of the molecule is O=C(O)C1CCCN(c2ccc3nc(-c4ccccc4)cn3c2)C1. The van der Waals surface area contributed by atoms with Gasteiger partial charge in [-0.1, -0.05) is 30.3 Å². The Kier molecular flexibility index (Phi) is 3.69. The summed E-state index contributed by atoms with van der Waals surface area (Å²) in [4.78, 5) is 18.1. The predicted molar refractivity (Wildman–Crippen MR) is 93.2 cm³/mol. The smallest absolute Gasteiger partial charge is 0.308 e. The van der Waals surface area contributed by atoms with E-state index in [-0.39, 0.29) is 5.92 Å². The van der Waals surface area contributed by atoms with Crippen LogP contribution >= 0.6 is 0 Å². The van der Waals surface area contributed by atoms with E-state index in [1.807, 2.05) is 59.3 Å². The number of hydrogen-bond donors (Lipinski definition) is 1. The molecule has 1 unspecified atom stereocenters. The number of carboxylic acids is 1. The zero-order valence-electron chi connectivity index (χ0n) is 13.3. The summed E-state index contributed by atoms with van der Waals surface area (Å²) in [6, 6.07) is 14.1. The molecule has 3 aromatic rings. The lowest BCUT2D eigenvalue weighted by Gasteiger charge is -2.32. The molecule has 1 atom stereocenters. The first-order valence-corrected chi connectivity index (χ1v) is 8.22. The minimum Gasteiger partial charge on any atom is -0.481 e. The van der Waals surface area contributed by atoms with Crippen LogP contribution in [0.3, 0.4) is 0 Å². The van der Waals surface area contributed by atoms with Gasteiger partial charge in [-0.2, -0.15) is 0 Å². The lowest BCUT2D eigenvalue weighted by atomic mass is 9.98. The molecule has 0 radical (unpaired) electrons. The van der Waals surface area contributed by atoms with Crippen molar-refractivity contribution in [2.45, 2.75) is 12.8 Å². The molecule has 122 valence electrons. The molecule has 0 bridgehead atoms. The van der Waals surface area contributed by atoms with Crippen LogP contribution in [0, 0.1) is 5.92 Å². The third-order valence-electron chi connectivity index (χ3n) is 4.64. The molecule has 1 fully saturated rings. The predicted octanol–water partition coefficient (Wildman–Crippen LogP) is 3.30. The molecule has 1 saturated heterocycles. The fourth-order valence-electron chi connectivity index (χ4n) is 3.33. The van der Waals surface area contributed by atoms with Crippen LogP contribution in [0.5, 0.6) is 0 Å². The third kappa shape index (κ3) is 2.73. The van der Waals surface area contributed by atoms with Crippen molar-refractivity contribution in [2.24, 2.45) is 5.92 Å². The van der Waals surface area contributed by atoms with Gasteiger partial charge in [-0.05, 0) is 25.0 Å². The molecule has 1 aliphatic heterocycles. The van der Waals surface area contributed by atoms with Gasteiger partial charge in [0.05, 0.1) is 17.3 Å². The van der Waals surface area contributed by atoms with E-state index in [0.29, 0.717) is 6.54 Å². The summed E-state index contributed by atoms with van der Waals surface area (Å²) in [6.07, 6.45) is 5.73. The molecule has 4 rings (SSSR count). The summed E-state index contributed by atoms with van der Waals surface area (Å²) in [5.74, 6) is -0.980. The Bertz CT molecular complexity index is 873. The monoisotopic (exact) mass is 321 g/mol. The van der Waals surface area contributed by atoms with Crippen LogP contribution in [-0.2, 0) is 4.79 Å². The molecular weight excluding hydrogens is 302 g/mol. The Morgan fingerprint density at radius 1 is 1.12 bits per heavy atom. The highest BCUT2D eigenvalue weighted by Crippen LogP contribution is 2.25. The van der Waals surface area contributed by atoms with Crippen LogP contribution in [0.15, 0.2) is 54.9 Å². The van der Waals surface area contributed by atoms with Crippen molar-refractivity contribution in [2.75, 3.05) is 18.0 Å². The first-order chi connectivity index (χ1) is 11.7. The van der Waals surface area contributed by atoms with E-state index < -0.39 is 5.97 Å². The van der Waals surface area contributed by atoms with E-state index in [2.05, 4.69) is 9.88 Å². The number of piperidine rings is 1. The number of nitrogens with zero attached hydrogens (tertiary/aromatic N) is 3. The summed E-state index contributed by atoms with van der Waals surface area (Å²) in [6.45, 7) is 1.47. The van der Waals surface area contributed by atoms with Crippen LogP contribution in [-0.4, -0.2) is 33.6 Å². The van der Waals surface area contributed by atoms with Crippen LogP contribution in [0.25, 0.3) is 16.9 Å². The van der Waals surface area contributed by atoms with Crippen molar-refractivity contribution >= 4 is 17.3 Å². The largest absolute Gasteiger partial charge is 0.481 e. The average Bonchev–Trinajstić information content (AvgIpc) is 3.06. The second kappa shape index (κ2) is 6.00. The fraction of sp³-hybridized carbons (Fsp3) is 0.263. The maximum atomic E-state index is 11.3. The number of anilines is 1. The van der Waals surface area contributed by atoms with E-state index in [0.717, 1.165) is 42.0 Å². The van der Waals surface area contributed by atoms with Crippen molar-refractivity contribution in [3.05, 3.63) is 54.9 Å². The Labute approximate surface area is 140 Å². The van der Waals surface area contributed by atoms with Crippen molar-refractivity contribution in [3.63, 3.8) is 0 Å². The van der Waals surface area contributed by atoms with Crippen LogP contribution < -0.4 is 4.90 Å². The zero-order valence-corrected chi connectivity index (χ0v) is 13.3. The number of carboxylic acid groups (broad SMARTS) is 1. The van der Waals surface area contributed by atoms with Crippen molar-refractivity contribution in [3.8, 4) is 11.3 Å². The lowest BCUT2D eigenvalue weighted by molar-refractivity contribution is -0.141. The van der Waals surface area contributed by atoms with Gasteiger partial charge in [0.15, 0.2) is 0 Å². The van der Waals surface area contributed by atoms with Crippen LogP contribution in [0.1, 0.15) is 12.8 Å². The van der Waals surface area contributed by atoms with Gasteiger partial charge in [0.25, 0.3) is 0 Å². The van der Waals surface area contributed by atoms with E-state index in [9.17, 15) is 9.90 Å². The lowest BCUT2D eigenvalue weighted by Crippen LogP contribution is -2.38. The Hall–Kier alpha value is -2.82. The number of imidazole rings is 1. The first-order valence-electron chi connectivity index (χ1n) is 8.22. The summed E-state index contributed by atoms with van der Waals surface area (Å²) in [5.41, 5.74) is 3.97. The molecule has 0 saturated carbocycles. The van der Waals surface area contributed by atoms with E-state index in [1.165, 1.54) is 0 Å². The summed E-state index contributed by atoms with van der Waals surface area (Å²) < 4.78 is 2.02. The molecule has 0 spiro atoms. The number of pyridine rings is 1. The van der Waals surface area contributed by atoms with Gasteiger partial charge in [0.1, 0.15) is 5.65 Å². The Morgan fingerprint density at radius 2 is 1.96 bits per heavy atom. The normalized spacial score (nSPS) is 18.0. The van der Waals surface area contributed by atoms with Crippen molar-refractivity contribution in [1.29, 1.82) is 0 Å². The molecule has 0 amide bonds. The van der Waals surface area contributed by atoms with E-state index in [4.69, 9.17) is 0 Å². The number of rotatable bonds is 3. The maximum Gasteiger partial charge on any atom is 0.308 e. The fourth-order valence-corrected chi connectivity index (χ4v) is 3.33. The van der Waals surface area contributed by atoms with E-state index >= 15 is 0 Å².